The number of hydrogen-bond acceptors (Lipinski definition) is 4. The van der Waals surface area contributed by atoms with Gasteiger partial charge in [-0.25, -0.2) is 9.59 Å². The number of carbonyl (C=O) groups is 1. The van der Waals surface area contributed by atoms with E-state index in [4.69, 9.17) is 9.52 Å². The third kappa shape index (κ3) is 2.31. The Morgan fingerprint density at radius 3 is 2.42 bits per heavy atom. The third-order valence-corrected chi connectivity index (χ3v) is 2.89. The molecule has 0 amide bonds. The summed E-state index contributed by atoms with van der Waals surface area (Å²) >= 11 is 0. The van der Waals surface area contributed by atoms with Gasteiger partial charge in [-0.3, -0.25) is 0 Å². The average Bonchev–Trinajstić information content (AvgIpc) is 2.27. The van der Waals surface area contributed by atoms with E-state index in [1.807, 2.05) is 20.8 Å². The molecular formula is C14H13O5-. The van der Waals surface area contributed by atoms with Crippen molar-refractivity contribution in [2.24, 2.45) is 0 Å². The van der Waals surface area contributed by atoms with Gasteiger partial charge < -0.3 is 14.6 Å². The highest BCUT2D eigenvalue weighted by molar-refractivity contribution is 5.93. The van der Waals surface area contributed by atoms with Crippen molar-refractivity contribution >= 4 is 16.9 Å². The topological polar surface area (TPSA) is 90.6 Å². The molecule has 0 radical (unpaired) electrons. The van der Waals surface area contributed by atoms with Gasteiger partial charge in [-0.05, 0) is 23.1 Å². The Hall–Kier alpha value is -2.30. The molecule has 2 rings (SSSR count). The summed E-state index contributed by atoms with van der Waals surface area (Å²) in [6.07, 6.45) is 0. The van der Waals surface area contributed by atoms with Crippen molar-refractivity contribution in [2.75, 3.05) is 0 Å². The molecule has 0 atom stereocenters. The quantitative estimate of drug-likeness (QED) is 0.791. The molecular weight excluding hydrogens is 248 g/mol. The van der Waals surface area contributed by atoms with Crippen LogP contribution in [0.5, 0.6) is 5.75 Å². The first-order valence-corrected chi connectivity index (χ1v) is 5.73. The van der Waals surface area contributed by atoms with Gasteiger partial charge in [-0.15, -0.1) is 0 Å². The first kappa shape index (κ1) is 13.1. The Kier molecular flexibility index (Phi) is 2.85. The smallest absolute Gasteiger partial charge is 0.350 e. The summed E-state index contributed by atoms with van der Waals surface area (Å²) in [6.45, 7) is 5.81. The molecule has 19 heavy (non-hydrogen) atoms. The van der Waals surface area contributed by atoms with E-state index in [9.17, 15) is 14.7 Å². The van der Waals surface area contributed by atoms with E-state index in [2.05, 4.69) is 0 Å². The van der Waals surface area contributed by atoms with E-state index in [0.29, 0.717) is 5.39 Å². The zero-order valence-electron chi connectivity index (χ0n) is 10.8. The zero-order chi connectivity index (χ0) is 14.4. The fourth-order valence-electron chi connectivity index (χ4n) is 1.78. The molecule has 5 nitrogen and oxygen atoms in total. The van der Waals surface area contributed by atoms with Crippen molar-refractivity contribution in [1.82, 2.24) is 0 Å². The van der Waals surface area contributed by atoms with Crippen LogP contribution in [0.15, 0.2) is 27.4 Å². The Balaban J connectivity index is 2.83. The van der Waals surface area contributed by atoms with Crippen LogP contribution in [-0.2, 0) is 5.41 Å². The zero-order valence-corrected chi connectivity index (χ0v) is 10.8. The molecule has 100 valence electrons. The van der Waals surface area contributed by atoms with Crippen LogP contribution in [0.1, 0.15) is 36.7 Å². The molecule has 2 aromatic rings. The van der Waals surface area contributed by atoms with Crippen LogP contribution < -0.4 is 10.7 Å². The summed E-state index contributed by atoms with van der Waals surface area (Å²) in [7, 11) is 0. The van der Waals surface area contributed by atoms with E-state index in [-0.39, 0.29) is 11.0 Å². The Bertz CT molecular complexity index is 719. The van der Waals surface area contributed by atoms with Crippen molar-refractivity contribution in [1.29, 1.82) is 0 Å². The molecule has 0 aliphatic heterocycles. The monoisotopic (exact) mass is 261 g/mol. The molecule has 0 fully saturated rings. The molecule has 5 heteroatoms. The van der Waals surface area contributed by atoms with Crippen molar-refractivity contribution < 1.29 is 19.4 Å². The van der Waals surface area contributed by atoms with Crippen LogP contribution in [0.4, 0.5) is 0 Å². The van der Waals surface area contributed by atoms with Gasteiger partial charge in [0, 0.05) is 5.39 Å². The lowest BCUT2D eigenvalue weighted by molar-refractivity contribution is -0.267. The molecule has 1 aromatic carbocycles. The van der Waals surface area contributed by atoms with Crippen LogP contribution in [-0.4, -0.2) is 11.1 Å². The van der Waals surface area contributed by atoms with Crippen molar-refractivity contribution in [3.63, 3.8) is 0 Å². The van der Waals surface area contributed by atoms with E-state index in [0.717, 1.165) is 5.56 Å². The molecule has 0 spiro atoms. The molecule has 1 heterocycles. The Labute approximate surface area is 109 Å². The van der Waals surface area contributed by atoms with Gasteiger partial charge in [0.2, 0.25) is 0 Å². The normalized spacial score (nSPS) is 11.7. The van der Waals surface area contributed by atoms with E-state index in [1.54, 1.807) is 6.07 Å². The third-order valence-electron chi connectivity index (χ3n) is 2.89. The van der Waals surface area contributed by atoms with Crippen LogP contribution in [0, 0.1) is 0 Å². The predicted molar refractivity (Wildman–Crippen MR) is 67.6 cm³/mol. The van der Waals surface area contributed by atoms with Crippen LogP contribution >= 0.6 is 0 Å². The minimum Gasteiger partial charge on any atom is -0.870 e. The van der Waals surface area contributed by atoms with Gasteiger partial charge in [0.25, 0.3) is 0 Å². The number of rotatable bonds is 1. The maximum atomic E-state index is 11.9. The van der Waals surface area contributed by atoms with Crippen LogP contribution in [0.25, 0.3) is 11.0 Å². The largest absolute Gasteiger partial charge is 0.870 e. The summed E-state index contributed by atoms with van der Waals surface area (Å²) in [5.41, 5.74) is -1.09. The fourth-order valence-corrected chi connectivity index (χ4v) is 1.78. The maximum absolute atomic E-state index is 11.9. The Morgan fingerprint density at radius 2 is 1.89 bits per heavy atom. The summed E-state index contributed by atoms with van der Waals surface area (Å²) in [5, 5.41) is 21.1. The lowest BCUT2D eigenvalue weighted by Gasteiger charge is -2.22. The van der Waals surface area contributed by atoms with E-state index < -0.39 is 22.9 Å². The van der Waals surface area contributed by atoms with Crippen LogP contribution in [0.2, 0.25) is 0 Å². The second-order valence-corrected chi connectivity index (χ2v) is 5.40. The Morgan fingerprint density at radius 1 is 1.26 bits per heavy atom. The second kappa shape index (κ2) is 4.12. The second-order valence-electron chi connectivity index (χ2n) is 5.40. The number of fused-ring (bicyclic) bond motifs is 1. The molecule has 0 bridgehead atoms. The van der Waals surface area contributed by atoms with Crippen molar-refractivity contribution in [3.05, 3.63) is 39.7 Å². The van der Waals surface area contributed by atoms with Gasteiger partial charge in [0.1, 0.15) is 11.1 Å². The lowest BCUT2D eigenvalue weighted by Crippen LogP contribution is -2.15. The van der Waals surface area contributed by atoms with Gasteiger partial charge in [0.15, 0.2) is 0 Å². The van der Waals surface area contributed by atoms with Gasteiger partial charge >= 0.3 is 11.6 Å². The van der Waals surface area contributed by atoms with Gasteiger partial charge in [-0.1, -0.05) is 32.6 Å². The van der Waals surface area contributed by atoms with Gasteiger partial charge in [0.05, 0.1) is 0 Å². The molecule has 0 saturated carbocycles. The van der Waals surface area contributed by atoms with E-state index >= 15 is 0 Å². The van der Waals surface area contributed by atoms with Crippen LogP contribution in [0.3, 0.4) is 0 Å². The summed E-state index contributed by atoms with van der Waals surface area (Å²) in [4.78, 5) is 22.3. The number of carboxylic acid groups (broad SMARTS) is 1. The maximum Gasteiger partial charge on any atom is 0.350 e. The first-order chi connectivity index (χ1) is 8.70. The first-order valence-electron chi connectivity index (χ1n) is 5.73. The van der Waals surface area contributed by atoms with Crippen molar-refractivity contribution in [2.45, 2.75) is 26.2 Å². The average molecular weight is 261 g/mol. The highest BCUT2D eigenvalue weighted by atomic mass is 16.4. The minimum absolute atomic E-state index is 0.108. The summed E-state index contributed by atoms with van der Waals surface area (Å²) < 4.78 is 4.80. The molecule has 0 saturated heterocycles. The molecule has 0 aliphatic carbocycles. The summed E-state index contributed by atoms with van der Waals surface area (Å²) in [5.74, 6) is -1.79. The minimum atomic E-state index is -1.37. The standard InChI is InChI=1S/C14H14O5/c1-14(2,3)8-4-7-5-9(12(16)17)13(18)19-11(7)10(15)6-8/h4-6,15H,1-3H3,(H,16,17)/p-1. The lowest BCUT2D eigenvalue weighted by atomic mass is 9.86. The number of hydrogen-bond donors (Lipinski definition) is 1. The molecule has 1 N–H and O–H groups in total. The fraction of sp³-hybridized carbons (Fsp3) is 0.286. The summed E-state index contributed by atoms with van der Waals surface area (Å²) in [6, 6.07) is 4.26. The predicted octanol–water partition coefficient (Wildman–Crippen LogP) is 1.86. The molecule has 0 unspecified atom stereocenters. The number of aromatic carboxylic acids is 1. The number of carboxylic acids is 1. The number of benzene rings is 1. The highest BCUT2D eigenvalue weighted by Gasteiger charge is 2.17. The highest BCUT2D eigenvalue weighted by Crippen LogP contribution is 2.30. The van der Waals surface area contributed by atoms with Crippen molar-refractivity contribution in [3.8, 4) is 5.75 Å². The molecule has 0 aliphatic rings. The van der Waals surface area contributed by atoms with E-state index in [1.165, 1.54) is 12.1 Å². The van der Waals surface area contributed by atoms with Gasteiger partial charge in [-0.2, -0.15) is 0 Å². The SMILES string of the molecule is CC(C)(C)c1cc([O-])c2oc(=O)c(C(=O)O)cc2c1. The molecule has 1 aromatic heterocycles.